The average Bonchev–Trinajstić information content (AvgIpc) is 3.03. The monoisotopic (exact) mass is 266 g/mol. The zero-order valence-corrected chi connectivity index (χ0v) is 11.1. The van der Waals surface area contributed by atoms with Crippen molar-refractivity contribution in [3.05, 3.63) is 27.1 Å². The van der Waals surface area contributed by atoms with Crippen LogP contribution in [0.25, 0.3) is 0 Å². The van der Waals surface area contributed by atoms with E-state index in [4.69, 9.17) is 0 Å². The molecule has 1 N–H and O–H groups in total. The highest BCUT2D eigenvalue weighted by atomic mass is 32.1. The Morgan fingerprint density at radius 2 is 2.28 bits per heavy atom. The van der Waals surface area contributed by atoms with Crippen LogP contribution in [0.5, 0.6) is 0 Å². The molecule has 1 heterocycles. The highest BCUT2D eigenvalue weighted by molar-refractivity contribution is 7.15. The van der Waals surface area contributed by atoms with E-state index in [1.54, 1.807) is 6.07 Å². The number of hydrogen-bond acceptors (Lipinski definition) is 4. The van der Waals surface area contributed by atoms with Crippen molar-refractivity contribution < 1.29 is 4.92 Å². The Labute approximate surface area is 111 Å². The van der Waals surface area contributed by atoms with Crippen LogP contribution in [0.2, 0.25) is 0 Å². The summed E-state index contributed by atoms with van der Waals surface area (Å²) in [6.45, 7) is 1.85. The molecule has 0 radical (unpaired) electrons. The molecule has 2 saturated carbocycles. The first-order valence-electron chi connectivity index (χ1n) is 6.66. The van der Waals surface area contributed by atoms with E-state index in [1.165, 1.54) is 37.0 Å². The van der Waals surface area contributed by atoms with Crippen LogP contribution in [0.3, 0.4) is 0 Å². The molecule has 3 rings (SSSR count). The van der Waals surface area contributed by atoms with E-state index in [9.17, 15) is 10.1 Å². The van der Waals surface area contributed by atoms with Gasteiger partial charge < -0.3 is 5.32 Å². The standard InChI is InChI=1S/C13H18N2O2S/c16-15(17)13-4-3-12(18-13)8-14-7-11-6-9-1-2-10(11)5-9/h3-4,9-11,14H,1-2,5-8H2. The molecule has 0 spiro atoms. The minimum Gasteiger partial charge on any atom is -0.312 e. The molecule has 2 aliphatic rings. The summed E-state index contributed by atoms with van der Waals surface area (Å²) in [5.74, 6) is 2.78. The first-order chi connectivity index (χ1) is 8.72. The second kappa shape index (κ2) is 4.97. The van der Waals surface area contributed by atoms with Gasteiger partial charge in [0.15, 0.2) is 0 Å². The van der Waals surface area contributed by atoms with Crippen molar-refractivity contribution in [3.63, 3.8) is 0 Å². The Bertz CT molecular complexity index is 446. The fourth-order valence-electron chi connectivity index (χ4n) is 3.57. The number of fused-ring (bicyclic) bond motifs is 2. The summed E-state index contributed by atoms with van der Waals surface area (Å²) < 4.78 is 0. The molecule has 2 bridgehead atoms. The molecule has 0 aromatic carbocycles. The van der Waals surface area contributed by atoms with Crippen molar-refractivity contribution in [2.45, 2.75) is 32.2 Å². The molecular formula is C13H18N2O2S. The molecule has 0 amide bonds. The summed E-state index contributed by atoms with van der Waals surface area (Å²) in [5, 5.41) is 14.3. The molecule has 4 nitrogen and oxygen atoms in total. The number of nitro groups is 1. The van der Waals surface area contributed by atoms with Crippen LogP contribution in [0.15, 0.2) is 12.1 Å². The van der Waals surface area contributed by atoms with Gasteiger partial charge in [-0.05, 0) is 49.6 Å². The largest absolute Gasteiger partial charge is 0.324 e. The SMILES string of the molecule is O=[N+]([O-])c1ccc(CNCC2CC3CCC2C3)s1. The molecule has 2 aliphatic carbocycles. The zero-order chi connectivity index (χ0) is 12.5. The molecule has 5 heteroatoms. The van der Waals surface area contributed by atoms with Crippen molar-refractivity contribution >= 4 is 16.3 Å². The van der Waals surface area contributed by atoms with E-state index in [0.29, 0.717) is 0 Å². The highest BCUT2D eigenvalue weighted by Gasteiger charge is 2.38. The molecule has 3 atom stereocenters. The van der Waals surface area contributed by atoms with E-state index in [2.05, 4.69) is 5.32 Å². The fraction of sp³-hybridized carbons (Fsp3) is 0.692. The third-order valence-electron chi connectivity index (χ3n) is 4.42. The lowest BCUT2D eigenvalue weighted by molar-refractivity contribution is -0.380. The predicted molar refractivity (Wildman–Crippen MR) is 71.6 cm³/mol. The summed E-state index contributed by atoms with van der Waals surface area (Å²) in [4.78, 5) is 11.3. The van der Waals surface area contributed by atoms with Crippen molar-refractivity contribution in [2.75, 3.05) is 6.54 Å². The summed E-state index contributed by atoms with van der Waals surface area (Å²) in [6, 6.07) is 3.45. The average molecular weight is 266 g/mol. The fourth-order valence-corrected chi connectivity index (χ4v) is 4.36. The lowest BCUT2D eigenvalue weighted by Crippen LogP contribution is -2.25. The van der Waals surface area contributed by atoms with Crippen molar-refractivity contribution in [1.29, 1.82) is 0 Å². The van der Waals surface area contributed by atoms with E-state index in [1.807, 2.05) is 6.07 Å². The minimum absolute atomic E-state index is 0.242. The molecule has 0 aliphatic heterocycles. The third-order valence-corrected chi connectivity index (χ3v) is 5.45. The van der Waals surface area contributed by atoms with Crippen LogP contribution in [-0.4, -0.2) is 11.5 Å². The van der Waals surface area contributed by atoms with Crippen LogP contribution < -0.4 is 5.32 Å². The van der Waals surface area contributed by atoms with Crippen molar-refractivity contribution in [2.24, 2.45) is 17.8 Å². The van der Waals surface area contributed by atoms with E-state index >= 15 is 0 Å². The van der Waals surface area contributed by atoms with Gasteiger partial charge in [0.2, 0.25) is 0 Å². The molecule has 3 unspecified atom stereocenters. The van der Waals surface area contributed by atoms with Gasteiger partial charge in [-0.2, -0.15) is 0 Å². The number of thiophene rings is 1. The van der Waals surface area contributed by atoms with Gasteiger partial charge in [0.1, 0.15) is 0 Å². The maximum absolute atomic E-state index is 10.6. The number of rotatable bonds is 5. The van der Waals surface area contributed by atoms with E-state index in [-0.39, 0.29) is 9.92 Å². The summed E-state index contributed by atoms with van der Waals surface area (Å²) in [5.41, 5.74) is 0. The van der Waals surface area contributed by atoms with Crippen molar-refractivity contribution in [3.8, 4) is 0 Å². The maximum atomic E-state index is 10.6. The maximum Gasteiger partial charge on any atom is 0.324 e. The van der Waals surface area contributed by atoms with Gasteiger partial charge in [0.05, 0.1) is 4.92 Å². The van der Waals surface area contributed by atoms with Crippen LogP contribution in [0.4, 0.5) is 5.00 Å². The van der Waals surface area contributed by atoms with Gasteiger partial charge in [0.25, 0.3) is 0 Å². The van der Waals surface area contributed by atoms with Gasteiger partial charge >= 0.3 is 5.00 Å². The molecule has 1 aromatic heterocycles. The van der Waals surface area contributed by atoms with Gasteiger partial charge in [0, 0.05) is 17.5 Å². The Balaban J connectivity index is 1.45. The third kappa shape index (κ3) is 2.42. The second-order valence-electron chi connectivity index (χ2n) is 5.56. The van der Waals surface area contributed by atoms with Crippen LogP contribution in [0.1, 0.15) is 30.6 Å². The predicted octanol–water partition coefficient (Wildman–Crippen LogP) is 3.18. The van der Waals surface area contributed by atoms with Gasteiger partial charge in [-0.3, -0.25) is 10.1 Å². The van der Waals surface area contributed by atoms with Crippen molar-refractivity contribution in [1.82, 2.24) is 5.32 Å². The smallest absolute Gasteiger partial charge is 0.312 e. The Morgan fingerprint density at radius 3 is 2.89 bits per heavy atom. The first kappa shape index (κ1) is 12.1. The molecular weight excluding hydrogens is 248 g/mol. The van der Waals surface area contributed by atoms with Crippen LogP contribution >= 0.6 is 11.3 Å². The lowest BCUT2D eigenvalue weighted by atomic mass is 9.89. The Kier molecular flexibility index (Phi) is 3.35. The zero-order valence-electron chi connectivity index (χ0n) is 10.3. The first-order valence-corrected chi connectivity index (χ1v) is 7.48. The highest BCUT2D eigenvalue weighted by Crippen LogP contribution is 2.47. The van der Waals surface area contributed by atoms with Crippen LogP contribution in [-0.2, 0) is 6.54 Å². The van der Waals surface area contributed by atoms with Gasteiger partial charge in [-0.15, -0.1) is 0 Å². The number of nitrogens with zero attached hydrogens (tertiary/aromatic N) is 1. The summed E-state index contributed by atoms with van der Waals surface area (Å²) in [7, 11) is 0. The molecule has 0 saturated heterocycles. The van der Waals surface area contributed by atoms with Crippen LogP contribution in [0, 0.1) is 27.9 Å². The van der Waals surface area contributed by atoms with Gasteiger partial charge in [-0.25, -0.2) is 0 Å². The minimum atomic E-state index is -0.315. The van der Waals surface area contributed by atoms with E-state index in [0.717, 1.165) is 35.7 Å². The van der Waals surface area contributed by atoms with Gasteiger partial charge in [-0.1, -0.05) is 17.8 Å². The summed E-state index contributed by atoms with van der Waals surface area (Å²) >= 11 is 1.28. The molecule has 18 heavy (non-hydrogen) atoms. The number of nitrogens with one attached hydrogen (secondary N) is 1. The van der Waals surface area contributed by atoms with E-state index < -0.39 is 0 Å². The second-order valence-corrected chi connectivity index (χ2v) is 6.71. The molecule has 2 fully saturated rings. The molecule has 98 valence electrons. The Hall–Kier alpha value is -0.940. The lowest BCUT2D eigenvalue weighted by Gasteiger charge is -2.21. The molecule has 1 aromatic rings. The Morgan fingerprint density at radius 1 is 1.39 bits per heavy atom. The normalized spacial score (nSPS) is 29.9. The summed E-state index contributed by atoms with van der Waals surface area (Å²) in [6.07, 6.45) is 5.69. The number of hydrogen-bond donors (Lipinski definition) is 1. The topological polar surface area (TPSA) is 55.2 Å². The quantitative estimate of drug-likeness (QED) is 0.658.